The van der Waals surface area contributed by atoms with Gasteiger partial charge in [0.25, 0.3) is 5.91 Å². The van der Waals surface area contributed by atoms with Crippen molar-refractivity contribution < 1.29 is 4.79 Å². The molecule has 0 aliphatic heterocycles. The Morgan fingerprint density at radius 2 is 2.12 bits per heavy atom. The van der Waals surface area contributed by atoms with Crippen LogP contribution in [0.15, 0.2) is 24.3 Å². The van der Waals surface area contributed by atoms with E-state index in [1.54, 1.807) is 18.0 Å². The van der Waals surface area contributed by atoms with Gasteiger partial charge in [-0.05, 0) is 18.6 Å². The van der Waals surface area contributed by atoms with Gasteiger partial charge in [0.2, 0.25) is 0 Å². The molecule has 0 aromatic heterocycles. The average Bonchev–Trinajstić information content (AvgIpc) is 2.36. The Morgan fingerprint density at radius 1 is 1.41 bits per heavy atom. The van der Waals surface area contributed by atoms with Crippen molar-refractivity contribution in [1.29, 1.82) is 0 Å². The second-order valence-electron chi connectivity index (χ2n) is 3.78. The van der Waals surface area contributed by atoms with E-state index in [4.69, 9.17) is 5.73 Å². The Kier molecular flexibility index (Phi) is 5.25. The molecule has 0 radical (unpaired) electrons. The zero-order valence-corrected chi connectivity index (χ0v) is 10.4. The van der Waals surface area contributed by atoms with E-state index < -0.39 is 0 Å². The van der Waals surface area contributed by atoms with Crippen molar-refractivity contribution in [3.63, 3.8) is 0 Å². The highest BCUT2D eigenvalue weighted by molar-refractivity contribution is 5.96. The molecule has 0 aliphatic rings. The molecular formula is C14H18N2O. The van der Waals surface area contributed by atoms with Crippen LogP contribution in [-0.4, -0.2) is 30.9 Å². The first-order valence-electron chi connectivity index (χ1n) is 5.74. The summed E-state index contributed by atoms with van der Waals surface area (Å²) in [5.74, 6) is 5.71. The van der Waals surface area contributed by atoms with Gasteiger partial charge in [-0.2, -0.15) is 0 Å². The summed E-state index contributed by atoms with van der Waals surface area (Å²) in [6.45, 7) is 3.09. The van der Waals surface area contributed by atoms with E-state index in [1.165, 1.54) is 0 Å². The van der Waals surface area contributed by atoms with Gasteiger partial charge in [-0.25, -0.2) is 0 Å². The minimum absolute atomic E-state index is 0.00812. The summed E-state index contributed by atoms with van der Waals surface area (Å²) in [7, 11) is 1.80. The maximum absolute atomic E-state index is 12.1. The molecule has 3 heteroatoms. The van der Waals surface area contributed by atoms with E-state index in [9.17, 15) is 4.79 Å². The maximum Gasteiger partial charge on any atom is 0.254 e. The molecule has 1 aromatic carbocycles. The summed E-state index contributed by atoms with van der Waals surface area (Å²) in [6.07, 6.45) is 0.943. The maximum atomic E-state index is 12.1. The first-order chi connectivity index (χ1) is 8.20. The molecule has 1 aromatic rings. The molecule has 17 heavy (non-hydrogen) atoms. The van der Waals surface area contributed by atoms with Crippen LogP contribution in [0.3, 0.4) is 0 Å². The molecule has 0 saturated carbocycles. The standard InChI is InChI=1S/C14H18N2O/c1-3-11-16(2)14(17)13-9-5-4-7-12(13)8-6-10-15/h4-5,7,9H,3,10-11,15H2,1-2H3. The summed E-state index contributed by atoms with van der Waals surface area (Å²) in [5, 5.41) is 0. The van der Waals surface area contributed by atoms with Crippen molar-refractivity contribution in [1.82, 2.24) is 4.90 Å². The molecule has 0 aliphatic carbocycles. The van der Waals surface area contributed by atoms with Crippen LogP contribution in [-0.2, 0) is 0 Å². The number of nitrogens with zero attached hydrogens (tertiary/aromatic N) is 1. The molecule has 0 unspecified atom stereocenters. The molecular weight excluding hydrogens is 212 g/mol. The fourth-order valence-corrected chi connectivity index (χ4v) is 1.57. The Bertz CT molecular complexity index is 443. The van der Waals surface area contributed by atoms with Crippen LogP contribution in [0.5, 0.6) is 0 Å². The average molecular weight is 230 g/mol. The Labute approximate surface area is 103 Å². The van der Waals surface area contributed by atoms with E-state index in [2.05, 4.69) is 11.8 Å². The summed E-state index contributed by atoms with van der Waals surface area (Å²) >= 11 is 0. The third kappa shape index (κ3) is 3.61. The van der Waals surface area contributed by atoms with Gasteiger partial charge in [0.1, 0.15) is 0 Å². The molecule has 0 heterocycles. The van der Waals surface area contributed by atoms with Crippen LogP contribution < -0.4 is 5.73 Å². The monoisotopic (exact) mass is 230 g/mol. The smallest absolute Gasteiger partial charge is 0.254 e. The summed E-state index contributed by atoms with van der Waals surface area (Å²) in [5.41, 5.74) is 6.73. The zero-order chi connectivity index (χ0) is 12.7. The topological polar surface area (TPSA) is 46.3 Å². The van der Waals surface area contributed by atoms with Gasteiger partial charge in [0.15, 0.2) is 0 Å². The zero-order valence-electron chi connectivity index (χ0n) is 10.4. The predicted octanol–water partition coefficient (Wildman–Crippen LogP) is 1.48. The van der Waals surface area contributed by atoms with Gasteiger partial charge < -0.3 is 10.6 Å². The van der Waals surface area contributed by atoms with Crippen LogP contribution in [0.25, 0.3) is 0 Å². The van der Waals surface area contributed by atoms with Gasteiger partial charge >= 0.3 is 0 Å². The number of benzene rings is 1. The van der Waals surface area contributed by atoms with Gasteiger partial charge in [0, 0.05) is 19.2 Å². The quantitative estimate of drug-likeness (QED) is 0.799. The molecule has 0 atom stereocenters. The summed E-state index contributed by atoms with van der Waals surface area (Å²) in [4.78, 5) is 13.9. The highest BCUT2D eigenvalue weighted by Crippen LogP contribution is 2.10. The van der Waals surface area contributed by atoms with Crippen molar-refractivity contribution in [3.8, 4) is 11.8 Å². The number of carbonyl (C=O) groups is 1. The minimum Gasteiger partial charge on any atom is -0.342 e. The van der Waals surface area contributed by atoms with Crippen molar-refractivity contribution in [2.24, 2.45) is 5.73 Å². The van der Waals surface area contributed by atoms with Crippen LogP contribution >= 0.6 is 0 Å². The third-order valence-corrected chi connectivity index (χ3v) is 2.39. The Balaban J connectivity index is 3.00. The van der Waals surface area contributed by atoms with Crippen LogP contribution in [0, 0.1) is 11.8 Å². The number of carbonyl (C=O) groups excluding carboxylic acids is 1. The van der Waals surface area contributed by atoms with Crippen molar-refractivity contribution >= 4 is 5.91 Å². The molecule has 0 spiro atoms. The first kappa shape index (κ1) is 13.3. The van der Waals surface area contributed by atoms with E-state index in [0.29, 0.717) is 12.1 Å². The lowest BCUT2D eigenvalue weighted by Crippen LogP contribution is -2.28. The third-order valence-electron chi connectivity index (χ3n) is 2.39. The van der Waals surface area contributed by atoms with Crippen LogP contribution in [0.1, 0.15) is 29.3 Å². The fourth-order valence-electron chi connectivity index (χ4n) is 1.57. The molecule has 1 rings (SSSR count). The lowest BCUT2D eigenvalue weighted by Gasteiger charge is -2.16. The Morgan fingerprint density at radius 3 is 2.76 bits per heavy atom. The van der Waals surface area contributed by atoms with Gasteiger partial charge in [-0.15, -0.1) is 0 Å². The van der Waals surface area contributed by atoms with E-state index in [1.807, 2.05) is 25.1 Å². The largest absolute Gasteiger partial charge is 0.342 e. The Hall–Kier alpha value is -1.79. The van der Waals surface area contributed by atoms with E-state index in [-0.39, 0.29) is 5.91 Å². The summed E-state index contributed by atoms with van der Waals surface area (Å²) in [6, 6.07) is 7.36. The van der Waals surface area contributed by atoms with E-state index in [0.717, 1.165) is 18.5 Å². The lowest BCUT2D eigenvalue weighted by atomic mass is 10.1. The highest BCUT2D eigenvalue weighted by Gasteiger charge is 2.13. The van der Waals surface area contributed by atoms with Crippen molar-refractivity contribution in [3.05, 3.63) is 35.4 Å². The molecule has 90 valence electrons. The van der Waals surface area contributed by atoms with Gasteiger partial charge in [-0.3, -0.25) is 4.79 Å². The van der Waals surface area contributed by atoms with Crippen LogP contribution in [0.2, 0.25) is 0 Å². The van der Waals surface area contributed by atoms with Crippen molar-refractivity contribution in [2.75, 3.05) is 20.1 Å². The molecule has 0 saturated heterocycles. The molecule has 2 N–H and O–H groups in total. The number of rotatable bonds is 3. The number of nitrogens with two attached hydrogens (primary N) is 1. The number of amides is 1. The van der Waals surface area contributed by atoms with Gasteiger partial charge in [-0.1, -0.05) is 30.9 Å². The first-order valence-corrected chi connectivity index (χ1v) is 5.74. The second-order valence-corrected chi connectivity index (χ2v) is 3.78. The fraction of sp³-hybridized carbons (Fsp3) is 0.357. The summed E-state index contributed by atoms with van der Waals surface area (Å²) < 4.78 is 0. The minimum atomic E-state index is 0.00812. The highest BCUT2D eigenvalue weighted by atomic mass is 16.2. The van der Waals surface area contributed by atoms with Gasteiger partial charge in [0.05, 0.1) is 12.1 Å². The lowest BCUT2D eigenvalue weighted by molar-refractivity contribution is 0.0795. The SMILES string of the molecule is CCCN(C)C(=O)c1ccccc1C#CCN. The second kappa shape index (κ2) is 6.72. The molecule has 3 nitrogen and oxygen atoms in total. The number of hydrogen-bond donors (Lipinski definition) is 1. The van der Waals surface area contributed by atoms with Crippen molar-refractivity contribution in [2.45, 2.75) is 13.3 Å². The normalized spacial score (nSPS) is 9.35. The molecule has 1 amide bonds. The van der Waals surface area contributed by atoms with E-state index >= 15 is 0 Å². The molecule has 0 bridgehead atoms. The predicted molar refractivity (Wildman–Crippen MR) is 69.6 cm³/mol. The molecule has 0 fully saturated rings. The van der Waals surface area contributed by atoms with Crippen LogP contribution in [0.4, 0.5) is 0 Å². The number of hydrogen-bond acceptors (Lipinski definition) is 2.